The maximum atomic E-state index is 11.6. The number of sulfonamides is 1. The van der Waals surface area contributed by atoms with Crippen molar-refractivity contribution in [1.29, 1.82) is 0 Å². The molecule has 1 unspecified atom stereocenters. The molecule has 1 rings (SSSR count). The normalized spacial score (nSPS) is 24.5. The summed E-state index contributed by atoms with van der Waals surface area (Å²) in [5, 5.41) is 4.54. The maximum absolute atomic E-state index is 11.6. The summed E-state index contributed by atoms with van der Waals surface area (Å²) >= 11 is 0. The van der Waals surface area contributed by atoms with Crippen molar-refractivity contribution in [3.05, 3.63) is 12.7 Å². The number of ether oxygens (including phenoxy) is 2. The highest BCUT2D eigenvalue weighted by Crippen LogP contribution is 2.23. The van der Waals surface area contributed by atoms with Crippen LogP contribution in [0.5, 0.6) is 0 Å². The van der Waals surface area contributed by atoms with Crippen LogP contribution in [0.25, 0.3) is 0 Å². The van der Waals surface area contributed by atoms with E-state index in [4.69, 9.17) is 14.6 Å². The van der Waals surface area contributed by atoms with Gasteiger partial charge in [-0.05, 0) is 25.7 Å². The third-order valence-corrected chi connectivity index (χ3v) is 4.40. The highest BCUT2D eigenvalue weighted by molar-refractivity contribution is 7.89. The molecule has 0 aromatic heterocycles. The first-order valence-corrected chi connectivity index (χ1v) is 7.37. The Labute approximate surface area is 103 Å². The van der Waals surface area contributed by atoms with Crippen molar-refractivity contribution in [2.24, 2.45) is 5.14 Å². The van der Waals surface area contributed by atoms with Crippen molar-refractivity contribution in [3.63, 3.8) is 0 Å². The number of primary sulfonamides is 1. The maximum Gasteiger partial charge on any atom is 0.214 e. The van der Waals surface area contributed by atoms with E-state index in [1.165, 1.54) is 7.11 Å². The minimum Gasteiger partial charge on any atom is -0.380 e. The summed E-state index contributed by atoms with van der Waals surface area (Å²) in [4.78, 5) is 0. The number of methoxy groups -OCH3 is 1. The van der Waals surface area contributed by atoms with Gasteiger partial charge in [-0.25, -0.2) is 13.6 Å². The second-order valence-electron chi connectivity index (χ2n) is 4.30. The van der Waals surface area contributed by atoms with Gasteiger partial charge in [0.15, 0.2) is 0 Å². The molecule has 3 atom stereocenters. The first-order chi connectivity index (χ1) is 7.99. The summed E-state index contributed by atoms with van der Waals surface area (Å²) in [5.74, 6) is 0. The van der Waals surface area contributed by atoms with E-state index in [-0.39, 0.29) is 6.10 Å². The summed E-state index contributed by atoms with van der Waals surface area (Å²) in [6.07, 6.45) is 3.88. The van der Waals surface area contributed by atoms with Crippen molar-refractivity contribution in [2.45, 2.75) is 43.1 Å². The van der Waals surface area contributed by atoms with Crippen LogP contribution in [0.3, 0.4) is 0 Å². The van der Waals surface area contributed by atoms with Crippen molar-refractivity contribution >= 4 is 10.0 Å². The third-order valence-electron chi connectivity index (χ3n) is 3.06. The second-order valence-corrected chi connectivity index (χ2v) is 6.08. The van der Waals surface area contributed by atoms with Crippen molar-refractivity contribution in [3.8, 4) is 0 Å². The zero-order valence-corrected chi connectivity index (χ0v) is 11.0. The molecule has 0 radical (unpaired) electrons. The molecule has 1 saturated heterocycles. The fraction of sp³-hybridized carbons (Fsp3) is 0.818. The van der Waals surface area contributed by atoms with Gasteiger partial charge >= 0.3 is 0 Å². The number of hydrogen-bond donors (Lipinski definition) is 1. The summed E-state index contributed by atoms with van der Waals surface area (Å²) in [6, 6.07) is 0. The predicted octanol–water partition coefficient (Wildman–Crippen LogP) is 0.804. The fourth-order valence-electron chi connectivity index (χ4n) is 2.15. The zero-order valence-electron chi connectivity index (χ0n) is 10.2. The van der Waals surface area contributed by atoms with Gasteiger partial charge < -0.3 is 9.47 Å². The van der Waals surface area contributed by atoms with Gasteiger partial charge in [0.1, 0.15) is 5.25 Å². The van der Waals surface area contributed by atoms with Gasteiger partial charge in [0, 0.05) is 13.7 Å². The molecule has 17 heavy (non-hydrogen) atoms. The topological polar surface area (TPSA) is 78.6 Å². The lowest BCUT2D eigenvalue weighted by atomic mass is 10.0. The predicted molar refractivity (Wildman–Crippen MR) is 66.1 cm³/mol. The molecular formula is C11H21NO4S. The molecule has 0 saturated carbocycles. The largest absolute Gasteiger partial charge is 0.380 e. The highest BCUT2D eigenvalue weighted by Gasteiger charge is 2.34. The van der Waals surface area contributed by atoms with Crippen molar-refractivity contribution in [2.75, 3.05) is 13.7 Å². The molecule has 5 nitrogen and oxygen atoms in total. The van der Waals surface area contributed by atoms with Crippen LogP contribution in [0.2, 0.25) is 0 Å². The van der Waals surface area contributed by atoms with Crippen molar-refractivity contribution < 1.29 is 17.9 Å². The van der Waals surface area contributed by atoms with Gasteiger partial charge in [-0.3, -0.25) is 0 Å². The van der Waals surface area contributed by atoms with Gasteiger partial charge in [-0.1, -0.05) is 6.08 Å². The van der Waals surface area contributed by atoms with E-state index in [0.29, 0.717) is 19.4 Å². The van der Waals surface area contributed by atoms with Gasteiger partial charge in [-0.2, -0.15) is 0 Å². The average Bonchev–Trinajstić information content (AvgIpc) is 2.74. The van der Waals surface area contributed by atoms with Gasteiger partial charge in [0.2, 0.25) is 10.0 Å². The van der Waals surface area contributed by atoms with E-state index in [1.54, 1.807) is 6.08 Å². The van der Waals surface area contributed by atoms with E-state index in [2.05, 4.69) is 6.58 Å². The molecule has 2 N–H and O–H groups in total. The molecule has 0 aromatic rings. The lowest BCUT2D eigenvalue weighted by Gasteiger charge is -2.25. The highest BCUT2D eigenvalue weighted by atomic mass is 32.2. The van der Waals surface area contributed by atoms with Gasteiger partial charge in [-0.15, -0.1) is 6.58 Å². The van der Waals surface area contributed by atoms with E-state index >= 15 is 0 Å². The molecular weight excluding hydrogens is 242 g/mol. The Hall–Kier alpha value is -0.430. The lowest BCUT2D eigenvalue weighted by molar-refractivity contribution is 0.0632. The zero-order chi connectivity index (χ0) is 12.9. The fourth-order valence-corrected chi connectivity index (χ4v) is 3.28. The molecule has 0 aliphatic carbocycles. The van der Waals surface area contributed by atoms with E-state index < -0.39 is 21.4 Å². The Balaban J connectivity index is 2.74. The van der Waals surface area contributed by atoms with Crippen LogP contribution >= 0.6 is 0 Å². The molecule has 0 amide bonds. The summed E-state index contributed by atoms with van der Waals surface area (Å²) in [5.41, 5.74) is 0. The summed E-state index contributed by atoms with van der Waals surface area (Å²) < 4.78 is 33.9. The minimum atomic E-state index is -3.64. The molecule has 1 fully saturated rings. The first kappa shape index (κ1) is 14.6. The lowest BCUT2D eigenvalue weighted by Crippen LogP contribution is -2.41. The Kier molecular flexibility index (Phi) is 5.58. The average molecular weight is 263 g/mol. The molecule has 0 aromatic carbocycles. The van der Waals surface area contributed by atoms with Crippen LogP contribution in [0.4, 0.5) is 0 Å². The molecule has 1 aliphatic heterocycles. The summed E-state index contributed by atoms with van der Waals surface area (Å²) in [6.45, 7) is 4.29. The minimum absolute atomic E-state index is 0.0270. The van der Waals surface area contributed by atoms with Crippen LogP contribution in [0.15, 0.2) is 12.7 Å². The number of hydrogen-bond acceptors (Lipinski definition) is 4. The summed E-state index contributed by atoms with van der Waals surface area (Å²) in [7, 11) is -2.15. The Morgan fingerprint density at radius 1 is 1.65 bits per heavy atom. The van der Waals surface area contributed by atoms with Crippen LogP contribution in [0, 0.1) is 0 Å². The molecule has 1 heterocycles. The standard InChI is InChI=1S/C11H21NO4S/c1-3-5-10(15-2)11(17(12,13)14)8-9-6-4-7-16-9/h3,9-11H,1,4-8H2,2H3,(H2,12,13,14)/t9?,10-,11+/m1/s1. The van der Waals surface area contributed by atoms with Crippen LogP contribution < -0.4 is 5.14 Å². The Morgan fingerprint density at radius 3 is 2.76 bits per heavy atom. The molecule has 100 valence electrons. The van der Waals surface area contributed by atoms with Crippen LogP contribution in [-0.4, -0.2) is 39.6 Å². The molecule has 6 heteroatoms. The molecule has 1 aliphatic rings. The first-order valence-electron chi connectivity index (χ1n) is 5.76. The van der Waals surface area contributed by atoms with Crippen LogP contribution in [-0.2, 0) is 19.5 Å². The SMILES string of the molecule is C=CC[C@@H](OC)[C@H](CC1CCCO1)S(N)(=O)=O. The smallest absolute Gasteiger partial charge is 0.214 e. The quantitative estimate of drug-likeness (QED) is 0.689. The Bertz CT molecular complexity index is 335. The second kappa shape index (κ2) is 6.49. The van der Waals surface area contributed by atoms with Gasteiger partial charge in [0.05, 0.1) is 12.2 Å². The molecule has 0 spiro atoms. The third kappa shape index (κ3) is 4.39. The Morgan fingerprint density at radius 2 is 2.35 bits per heavy atom. The van der Waals surface area contributed by atoms with Gasteiger partial charge in [0.25, 0.3) is 0 Å². The van der Waals surface area contributed by atoms with Crippen molar-refractivity contribution in [1.82, 2.24) is 0 Å². The van der Waals surface area contributed by atoms with E-state index in [9.17, 15) is 8.42 Å². The van der Waals surface area contributed by atoms with E-state index in [1.807, 2.05) is 0 Å². The molecule has 0 bridgehead atoms. The number of nitrogens with two attached hydrogens (primary N) is 1. The number of rotatable bonds is 7. The monoisotopic (exact) mass is 263 g/mol. The van der Waals surface area contributed by atoms with Crippen LogP contribution in [0.1, 0.15) is 25.7 Å². The van der Waals surface area contributed by atoms with E-state index in [0.717, 1.165) is 12.8 Å².